The van der Waals surface area contributed by atoms with Crippen LogP contribution < -0.4 is 23.5 Å². The van der Waals surface area contributed by atoms with Crippen molar-refractivity contribution >= 4 is 11.8 Å². The van der Waals surface area contributed by atoms with Crippen LogP contribution in [0.3, 0.4) is 0 Å². The fraction of sp³-hybridized carbons (Fsp3) is 0.308. The molecule has 0 saturated heterocycles. The van der Waals surface area contributed by atoms with Crippen LogP contribution in [0.15, 0.2) is 88.6 Å². The van der Waals surface area contributed by atoms with Crippen molar-refractivity contribution < 1.29 is 28.9 Å². The van der Waals surface area contributed by atoms with Crippen molar-refractivity contribution in [1.82, 2.24) is 0 Å². The zero-order valence-electron chi connectivity index (χ0n) is 19.5. The molecule has 6 heteroatoms. The van der Waals surface area contributed by atoms with E-state index in [1.165, 1.54) is 39.1 Å². The van der Waals surface area contributed by atoms with Gasteiger partial charge in [0.05, 0.1) is 0 Å². The molecule has 0 bridgehead atoms. The van der Waals surface area contributed by atoms with E-state index in [1.807, 2.05) is 0 Å². The monoisotopic (exact) mass is 456 g/mol. The van der Waals surface area contributed by atoms with Gasteiger partial charge in [-0.3, -0.25) is 0 Å². The number of halogens is 1. The minimum atomic E-state index is -4.94. The summed E-state index contributed by atoms with van der Waals surface area (Å²) < 4.78 is 34.0. The third kappa shape index (κ3) is 7.62. The van der Waals surface area contributed by atoms with Crippen LogP contribution in [-0.2, 0) is 0 Å². The zero-order chi connectivity index (χ0) is 24.1. The standard InChI is InChI=1S/C26H31N.ClHO4/c1-18(2)22-13-10-19(3)26-23(16-20(4)25(26)17-22)9-7-8-21-11-14-24(15-12-21)27(5)6;2-1(3,4)5/h7-19H,1-6H3;(H,2,3,4,5)/p-1. The summed E-state index contributed by atoms with van der Waals surface area (Å²) in [4.78, 5) is 2.12. The molecule has 1 unspecified atom stereocenters. The molecule has 0 amide bonds. The van der Waals surface area contributed by atoms with Crippen LogP contribution >= 0.6 is 0 Å². The van der Waals surface area contributed by atoms with Crippen molar-refractivity contribution in [3.05, 3.63) is 94.2 Å². The second kappa shape index (κ2) is 10.9. The Labute approximate surface area is 193 Å². The fourth-order valence-electron chi connectivity index (χ4n) is 3.67. The lowest BCUT2D eigenvalue weighted by molar-refractivity contribution is -2.00. The highest BCUT2D eigenvalue weighted by Gasteiger charge is 2.23. The van der Waals surface area contributed by atoms with Gasteiger partial charge in [0.1, 0.15) is 0 Å². The molecule has 0 heterocycles. The molecule has 2 aliphatic rings. The number of nitrogens with zero attached hydrogens (tertiary/aromatic N) is 1. The van der Waals surface area contributed by atoms with Crippen LogP contribution in [0.5, 0.6) is 0 Å². The Kier molecular flexibility index (Phi) is 8.84. The van der Waals surface area contributed by atoms with Crippen LogP contribution in [0.2, 0.25) is 0 Å². The van der Waals surface area contributed by atoms with E-state index >= 15 is 0 Å². The molecule has 0 spiro atoms. The molecule has 1 aromatic rings. The topological polar surface area (TPSA) is 95.5 Å². The largest absolute Gasteiger partial charge is 0.378 e. The molecule has 172 valence electrons. The Morgan fingerprint density at radius 3 is 2.12 bits per heavy atom. The van der Waals surface area contributed by atoms with Gasteiger partial charge in [-0.15, -0.1) is 10.2 Å². The molecule has 32 heavy (non-hydrogen) atoms. The number of benzene rings is 1. The van der Waals surface area contributed by atoms with E-state index in [4.69, 9.17) is 18.6 Å². The van der Waals surface area contributed by atoms with E-state index in [2.05, 4.69) is 113 Å². The summed E-state index contributed by atoms with van der Waals surface area (Å²) in [6, 6.07) is 8.64. The van der Waals surface area contributed by atoms with Crippen molar-refractivity contribution in [2.75, 3.05) is 19.0 Å². The summed E-state index contributed by atoms with van der Waals surface area (Å²) in [7, 11) is -0.812. The Morgan fingerprint density at radius 1 is 1.00 bits per heavy atom. The second-order valence-electron chi connectivity index (χ2n) is 8.45. The quantitative estimate of drug-likeness (QED) is 0.690. The molecule has 0 fully saturated rings. The van der Waals surface area contributed by atoms with Crippen molar-refractivity contribution in [2.45, 2.75) is 27.7 Å². The Morgan fingerprint density at radius 2 is 1.59 bits per heavy atom. The Balaban J connectivity index is 0.000000654. The SMILES string of the molecule is CC1=CC(=CC=Cc2ccc(N(C)C)cc2)C2=C1C=C(C(C)C)C=CC2C.[O-][Cl+3]([O-])([O-])[O-]. The normalized spacial score (nSPS) is 19.6. The summed E-state index contributed by atoms with van der Waals surface area (Å²) in [5.74, 6) is 0.978. The molecule has 0 radical (unpaired) electrons. The molecule has 0 aromatic heterocycles. The van der Waals surface area contributed by atoms with Gasteiger partial charge in [-0.25, -0.2) is 18.6 Å². The van der Waals surface area contributed by atoms with Crippen LogP contribution in [0, 0.1) is 22.1 Å². The van der Waals surface area contributed by atoms with Gasteiger partial charge in [0.2, 0.25) is 0 Å². The molecule has 2 aliphatic carbocycles. The van der Waals surface area contributed by atoms with E-state index in [0.29, 0.717) is 11.8 Å². The minimum absolute atomic E-state index is 0.431. The first-order valence-corrected chi connectivity index (χ1v) is 11.7. The highest BCUT2D eigenvalue weighted by molar-refractivity contribution is 5.66. The molecule has 1 aromatic carbocycles. The summed E-state index contributed by atoms with van der Waals surface area (Å²) in [5.41, 5.74) is 9.42. The van der Waals surface area contributed by atoms with Crippen LogP contribution in [-0.4, -0.2) is 14.1 Å². The lowest BCUT2D eigenvalue weighted by Gasteiger charge is -2.17. The Hall–Kier alpha value is -2.41. The summed E-state index contributed by atoms with van der Waals surface area (Å²) in [6.45, 7) is 9.06. The maximum absolute atomic E-state index is 8.49. The van der Waals surface area contributed by atoms with Crippen LogP contribution in [0.25, 0.3) is 6.08 Å². The molecular formula is C26H31ClNO4-. The van der Waals surface area contributed by atoms with E-state index < -0.39 is 10.2 Å². The van der Waals surface area contributed by atoms with E-state index in [0.717, 1.165) is 0 Å². The van der Waals surface area contributed by atoms with Crippen molar-refractivity contribution in [3.63, 3.8) is 0 Å². The number of hydrogen-bond acceptors (Lipinski definition) is 5. The van der Waals surface area contributed by atoms with Crippen molar-refractivity contribution in [1.29, 1.82) is 0 Å². The highest BCUT2D eigenvalue weighted by Crippen LogP contribution is 2.39. The molecule has 3 rings (SSSR count). The van der Waals surface area contributed by atoms with Gasteiger partial charge in [0.25, 0.3) is 0 Å². The van der Waals surface area contributed by atoms with Gasteiger partial charge >= 0.3 is 0 Å². The zero-order valence-corrected chi connectivity index (χ0v) is 20.2. The van der Waals surface area contributed by atoms with Gasteiger partial charge in [-0.2, -0.15) is 0 Å². The third-order valence-corrected chi connectivity index (χ3v) is 5.38. The molecule has 0 N–H and O–H groups in total. The average molecular weight is 457 g/mol. The molecule has 0 aliphatic heterocycles. The summed E-state index contributed by atoms with van der Waals surface area (Å²) in [6.07, 6.45) is 16.0. The fourth-order valence-corrected chi connectivity index (χ4v) is 3.67. The maximum atomic E-state index is 8.49. The lowest BCUT2D eigenvalue weighted by Crippen LogP contribution is -2.68. The van der Waals surface area contributed by atoms with Gasteiger partial charge in [-0.1, -0.05) is 75.4 Å². The second-order valence-corrected chi connectivity index (χ2v) is 9.20. The van der Waals surface area contributed by atoms with Gasteiger partial charge in [0, 0.05) is 25.7 Å². The molecule has 0 saturated carbocycles. The molecule has 5 nitrogen and oxygen atoms in total. The first-order valence-electron chi connectivity index (χ1n) is 10.5. The Bertz CT molecular complexity index is 982. The van der Waals surface area contributed by atoms with E-state index in [-0.39, 0.29) is 0 Å². The average Bonchev–Trinajstić information content (AvgIpc) is 2.87. The van der Waals surface area contributed by atoms with Crippen LogP contribution in [0.4, 0.5) is 5.69 Å². The maximum Gasteiger partial charge on any atom is 0.0361 e. The van der Waals surface area contributed by atoms with Crippen molar-refractivity contribution in [2.24, 2.45) is 11.8 Å². The van der Waals surface area contributed by atoms with Gasteiger partial charge < -0.3 is 4.90 Å². The predicted octanol–water partition coefficient (Wildman–Crippen LogP) is 1.98. The van der Waals surface area contributed by atoms with E-state index in [1.54, 1.807) is 0 Å². The first-order chi connectivity index (χ1) is 14.9. The summed E-state index contributed by atoms with van der Waals surface area (Å²) in [5, 5.41) is 0. The van der Waals surface area contributed by atoms with Crippen LogP contribution in [0.1, 0.15) is 33.3 Å². The minimum Gasteiger partial charge on any atom is -0.378 e. The lowest BCUT2D eigenvalue weighted by atomic mass is 9.93. The number of rotatable bonds is 4. The number of hydrogen-bond donors (Lipinski definition) is 0. The molecular weight excluding hydrogens is 426 g/mol. The summed E-state index contributed by atoms with van der Waals surface area (Å²) >= 11 is 0. The van der Waals surface area contributed by atoms with Crippen molar-refractivity contribution in [3.8, 4) is 0 Å². The third-order valence-electron chi connectivity index (χ3n) is 5.38. The first kappa shape index (κ1) is 25.8. The number of anilines is 1. The number of allylic oxidation sites excluding steroid dienone is 11. The van der Waals surface area contributed by atoms with E-state index in [9.17, 15) is 0 Å². The van der Waals surface area contributed by atoms with Gasteiger partial charge in [0.15, 0.2) is 0 Å². The van der Waals surface area contributed by atoms with Gasteiger partial charge in [-0.05, 0) is 58.4 Å². The smallest absolute Gasteiger partial charge is 0.0361 e. The predicted molar refractivity (Wildman–Crippen MR) is 120 cm³/mol. The molecule has 1 atom stereocenters. The highest BCUT2D eigenvalue weighted by atomic mass is 35.7.